The Labute approximate surface area is 104 Å². The minimum absolute atomic E-state index is 0.175. The molecule has 0 spiro atoms. The molecule has 0 saturated heterocycles. The minimum atomic E-state index is -0.175. The first-order chi connectivity index (χ1) is 7.84. The van der Waals surface area contributed by atoms with Crippen molar-refractivity contribution < 1.29 is 9.59 Å². The molecule has 0 radical (unpaired) electrons. The van der Waals surface area contributed by atoms with E-state index in [2.05, 4.69) is 19.9 Å². The highest BCUT2D eigenvalue weighted by Gasteiger charge is 2.07. The highest BCUT2D eigenvalue weighted by Crippen LogP contribution is 2.08. The molecule has 0 unspecified atom stereocenters. The molecule has 0 aromatic rings. The van der Waals surface area contributed by atoms with Crippen molar-refractivity contribution in [3.8, 4) is 0 Å². The normalized spacial score (nSPS) is 10.8. The number of carbonyl (C=O) groups excluding carboxylic acids is 2. The van der Waals surface area contributed by atoms with Gasteiger partial charge < -0.3 is 0 Å². The van der Waals surface area contributed by atoms with Crippen LogP contribution < -0.4 is 0 Å². The Kier molecular flexibility index (Phi) is 7.11. The number of hydrogen-bond donors (Lipinski definition) is 0. The second kappa shape index (κ2) is 7.77. The molecule has 94 valence electrons. The Bertz CT molecular complexity index is 362. The summed E-state index contributed by atoms with van der Waals surface area (Å²) >= 11 is 0. The fourth-order valence-corrected chi connectivity index (χ4v) is 1.38. The molecule has 0 fully saturated rings. The first-order valence-corrected chi connectivity index (χ1v) is 5.87. The maximum absolute atomic E-state index is 11.2. The molecule has 17 heavy (non-hydrogen) atoms. The topological polar surface area (TPSA) is 34.1 Å². The zero-order valence-electron chi connectivity index (χ0n) is 11.5. The molecule has 0 aliphatic heterocycles. The molecule has 0 aliphatic carbocycles. The average Bonchev–Trinajstić information content (AvgIpc) is 2.15. The predicted octanol–water partition coefficient (Wildman–Crippen LogP) is 3.78. The first kappa shape index (κ1) is 15.6. The van der Waals surface area contributed by atoms with E-state index in [0.29, 0.717) is 0 Å². The molecule has 0 N–H and O–H groups in total. The van der Waals surface area contributed by atoms with Gasteiger partial charge in [0, 0.05) is 0 Å². The fourth-order valence-electron chi connectivity index (χ4n) is 1.38. The summed E-state index contributed by atoms with van der Waals surface area (Å²) in [5.74, 6) is -0.350. The van der Waals surface area contributed by atoms with Crippen LogP contribution in [0.2, 0.25) is 0 Å². The summed E-state index contributed by atoms with van der Waals surface area (Å²) in [7, 11) is 0. The summed E-state index contributed by atoms with van der Waals surface area (Å²) in [4.78, 5) is 22.3. The Morgan fingerprint density at radius 1 is 0.882 bits per heavy atom. The van der Waals surface area contributed by atoms with Gasteiger partial charge in [0.15, 0.2) is 11.6 Å². The lowest BCUT2D eigenvalue weighted by Gasteiger charge is -1.99. The number of Topliss-reactive ketones (excluding diaryl/α,β-unsaturated/α-hetero) is 2. The number of rotatable bonds is 6. The van der Waals surface area contributed by atoms with E-state index in [4.69, 9.17) is 0 Å². The predicted molar refractivity (Wildman–Crippen MR) is 71.9 cm³/mol. The monoisotopic (exact) mass is 234 g/mol. The zero-order valence-corrected chi connectivity index (χ0v) is 11.5. The quantitative estimate of drug-likeness (QED) is 0.230. The van der Waals surface area contributed by atoms with Gasteiger partial charge >= 0.3 is 0 Å². The zero-order chi connectivity index (χ0) is 13.4. The van der Waals surface area contributed by atoms with Crippen LogP contribution in [0.4, 0.5) is 0 Å². The second-order valence-corrected chi connectivity index (χ2v) is 4.53. The van der Waals surface area contributed by atoms with E-state index in [1.807, 2.05) is 13.0 Å². The number of carbonyl (C=O) groups is 2. The number of ketones is 2. The molecule has 0 aromatic carbocycles. The summed E-state index contributed by atoms with van der Waals surface area (Å²) in [5, 5.41) is 0. The molecule has 0 rings (SSSR count). The SMILES string of the molecule is CC(=O)C(=C/C=C(/C)CCC=C(C)C)C(C)=O. The van der Waals surface area contributed by atoms with Crippen molar-refractivity contribution in [1.82, 2.24) is 0 Å². The van der Waals surface area contributed by atoms with Crippen LogP contribution >= 0.6 is 0 Å². The van der Waals surface area contributed by atoms with Crippen molar-refractivity contribution in [2.24, 2.45) is 0 Å². The third-order valence-corrected chi connectivity index (χ3v) is 2.38. The third kappa shape index (κ3) is 7.45. The van der Waals surface area contributed by atoms with Crippen LogP contribution in [-0.2, 0) is 9.59 Å². The van der Waals surface area contributed by atoms with Crippen LogP contribution in [0.1, 0.15) is 47.5 Å². The molecule has 0 aliphatic rings. The minimum Gasteiger partial charge on any atom is -0.294 e. The maximum atomic E-state index is 11.2. The van der Waals surface area contributed by atoms with Gasteiger partial charge in [-0.25, -0.2) is 0 Å². The molecule has 2 heteroatoms. The molecular formula is C15H22O2. The van der Waals surface area contributed by atoms with Gasteiger partial charge in [0.25, 0.3) is 0 Å². The van der Waals surface area contributed by atoms with Crippen LogP contribution in [0.25, 0.3) is 0 Å². The van der Waals surface area contributed by atoms with Gasteiger partial charge in [0.05, 0.1) is 5.57 Å². The molecule has 0 saturated carbocycles. The summed E-state index contributed by atoms with van der Waals surface area (Å²) in [6.07, 6.45) is 7.61. The highest BCUT2D eigenvalue weighted by molar-refractivity contribution is 6.18. The van der Waals surface area contributed by atoms with Gasteiger partial charge in [0.2, 0.25) is 0 Å². The maximum Gasteiger partial charge on any atom is 0.163 e. The largest absolute Gasteiger partial charge is 0.294 e. The summed E-state index contributed by atoms with van der Waals surface area (Å²) in [5.41, 5.74) is 2.75. The van der Waals surface area contributed by atoms with Gasteiger partial charge in [-0.3, -0.25) is 9.59 Å². The van der Waals surface area contributed by atoms with Crippen LogP contribution in [0.5, 0.6) is 0 Å². The van der Waals surface area contributed by atoms with E-state index in [1.165, 1.54) is 25.0 Å². The Morgan fingerprint density at radius 3 is 1.82 bits per heavy atom. The molecule has 0 bridgehead atoms. The van der Waals surface area contributed by atoms with Gasteiger partial charge in [-0.2, -0.15) is 0 Å². The summed E-state index contributed by atoms with van der Waals surface area (Å²) in [6, 6.07) is 0. The van der Waals surface area contributed by atoms with Crippen molar-refractivity contribution >= 4 is 11.6 Å². The summed E-state index contributed by atoms with van der Waals surface area (Å²) < 4.78 is 0. The summed E-state index contributed by atoms with van der Waals surface area (Å²) in [6.45, 7) is 8.98. The van der Waals surface area contributed by atoms with Crippen LogP contribution in [-0.4, -0.2) is 11.6 Å². The number of allylic oxidation sites excluding steroid dienone is 6. The standard InChI is InChI=1S/C15H22O2/c1-11(2)7-6-8-12(3)9-10-15(13(4)16)14(5)17/h7,9-10H,6,8H2,1-5H3/b12-9-. The average molecular weight is 234 g/mol. The lowest BCUT2D eigenvalue weighted by Crippen LogP contribution is -2.05. The van der Waals surface area contributed by atoms with E-state index < -0.39 is 0 Å². The van der Waals surface area contributed by atoms with E-state index in [0.717, 1.165) is 12.8 Å². The van der Waals surface area contributed by atoms with Gasteiger partial charge in [-0.05, 0) is 53.5 Å². The van der Waals surface area contributed by atoms with Gasteiger partial charge in [-0.15, -0.1) is 0 Å². The van der Waals surface area contributed by atoms with Crippen LogP contribution in [0.15, 0.2) is 34.9 Å². The van der Waals surface area contributed by atoms with Crippen LogP contribution in [0, 0.1) is 0 Å². The third-order valence-electron chi connectivity index (χ3n) is 2.38. The van der Waals surface area contributed by atoms with Gasteiger partial charge in [-0.1, -0.05) is 23.3 Å². The van der Waals surface area contributed by atoms with Crippen molar-refractivity contribution in [2.45, 2.75) is 47.5 Å². The van der Waals surface area contributed by atoms with E-state index in [9.17, 15) is 9.59 Å². The first-order valence-electron chi connectivity index (χ1n) is 5.87. The van der Waals surface area contributed by atoms with Crippen molar-refractivity contribution in [3.05, 3.63) is 34.9 Å². The van der Waals surface area contributed by atoms with Gasteiger partial charge in [0.1, 0.15) is 0 Å². The van der Waals surface area contributed by atoms with Crippen molar-refractivity contribution in [2.75, 3.05) is 0 Å². The van der Waals surface area contributed by atoms with E-state index >= 15 is 0 Å². The van der Waals surface area contributed by atoms with E-state index in [1.54, 1.807) is 6.08 Å². The second-order valence-electron chi connectivity index (χ2n) is 4.53. The van der Waals surface area contributed by atoms with E-state index in [-0.39, 0.29) is 17.1 Å². The lowest BCUT2D eigenvalue weighted by atomic mass is 10.1. The Balaban J connectivity index is 4.57. The van der Waals surface area contributed by atoms with Crippen molar-refractivity contribution in [1.29, 1.82) is 0 Å². The Hall–Kier alpha value is -1.44. The number of hydrogen-bond acceptors (Lipinski definition) is 2. The molecule has 0 amide bonds. The van der Waals surface area contributed by atoms with Crippen molar-refractivity contribution in [3.63, 3.8) is 0 Å². The molecule has 0 heterocycles. The lowest BCUT2D eigenvalue weighted by molar-refractivity contribution is -0.119. The Morgan fingerprint density at radius 2 is 1.41 bits per heavy atom. The molecule has 2 nitrogen and oxygen atoms in total. The smallest absolute Gasteiger partial charge is 0.163 e. The van der Waals surface area contributed by atoms with Crippen LogP contribution in [0.3, 0.4) is 0 Å². The fraction of sp³-hybridized carbons (Fsp3) is 0.467. The highest BCUT2D eigenvalue weighted by atomic mass is 16.1. The molecule has 0 atom stereocenters. The molecular weight excluding hydrogens is 212 g/mol. The molecule has 0 aromatic heterocycles.